The normalized spacial score (nSPS) is 22.5. The second-order valence-electron chi connectivity index (χ2n) is 12.6. The summed E-state index contributed by atoms with van der Waals surface area (Å²) in [6.45, 7) is 5.47. The lowest BCUT2D eigenvalue weighted by Gasteiger charge is -2.32. The highest BCUT2D eigenvalue weighted by molar-refractivity contribution is 7.89. The number of benzene rings is 2. The van der Waals surface area contributed by atoms with Gasteiger partial charge in [-0.2, -0.15) is 8.61 Å². The minimum absolute atomic E-state index is 0.143. The van der Waals surface area contributed by atoms with Crippen molar-refractivity contribution in [2.45, 2.75) is 86.7 Å². The van der Waals surface area contributed by atoms with Crippen molar-refractivity contribution in [3.63, 3.8) is 0 Å². The first kappa shape index (κ1) is 33.4. The molecule has 246 valence electrons. The Hall–Kier alpha value is -3.00. The molecule has 4 atom stereocenters. The fourth-order valence-electron chi connectivity index (χ4n) is 6.57. The average molecular weight is 660 g/mol. The van der Waals surface area contributed by atoms with Crippen molar-refractivity contribution in [2.24, 2.45) is 5.92 Å². The van der Waals surface area contributed by atoms with Gasteiger partial charge in [-0.15, -0.1) is 0 Å². The van der Waals surface area contributed by atoms with Gasteiger partial charge in [0.25, 0.3) is 0 Å². The van der Waals surface area contributed by atoms with E-state index in [0.29, 0.717) is 51.6 Å². The fourth-order valence-corrected chi connectivity index (χ4v) is 9.79. The molecule has 3 aliphatic heterocycles. The molecule has 2 fully saturated rings. The van der Waals surface area contributed by atoms with Crippen LogP contribution in [0.5, 0.6) is 0 Å². The number of amides is 2. The van der Waals surface area contributed by atoms with Crippen molar-refractivity contribution in [1.82, 2.24) is 19.2 Å². The van der Waals surface area contributed by atoms with E-state index in [2.05, 4.69) is 15.5 Å². The molecular formula is C32H45N5O6S2. The summed E-state index contributed by atoms with van der Waals surface area (Å²) in [5.41, 5.74) is 2.09. The largest absolute Gasteiger partial charge is 0.374 e. The second kappa shape index (κ2) is 13.8. The Balaban J connectivity index is 1.10. The molecule has 5 rings (SSSR count). The van der Waals surface area contributed by atoms with Crippen molar-refractivity contribution < 1.29 is 26.4 Å². The summed E-state index contributed by atoms with van der Waals surface area (Å²) in [4.78, 5) is 28.8. The second-order valence-corrected chi connectivity index (χ2v) is 16.5. The van der Waals surface area contributed by atoms with E-state index in [1.165, 1.54) is 20.7 Å². The number of carbonyl (C=O) groups is 2. The average Bonchev–Trinajstić information content (AvgIpc) is 3.68. The Morgan fingerprint density at radius 1 is 0.822 bits per heavy atom. The van der Waals surface area contributed by atoms with Crippen LogP contribution in [0.4, 0.5) is 5.69 Å². The smallest absolute Gasteiger partial charge is 0.243 e. The summed E-state index contributed by atoms with van der Waals surface area (Å²) in [6.07, 6.45) is 4.40. The van der Waals surface area contributed by atoms with Gasteiger partial charge in [-0.25, -0.2) is 16.8 Å². The molecule has 2 aromatic rings. The maximum absolute atomic E-state index is 13.5. The molecule has 0 saturated carbocycles. The van der Waals surface area contributed by atoms with Gasteiger partial charge in [0.05, 0.1) is 15.7 Å². The maximum Gasteiger partial charge on any atom is 0.243 e. The van der Waals surface area contributed by atoms with Crippen LogP contribution < -0.4 is 15.5 Å². The Kier molecular flexibility index (Phi) is 10.2. The Morgan fingerprint density at radius 3 is 2.20 bits per heavy atom. The molecule has 2 saturated heterocycles. The maximum atomic E-state index is 13.5. The number of piperidine rings is 1. The van der Waals surface area contributed by atoms with E-state index in [0.717, 1.165) is 24.2 Å². The van der Waals surface area contributed by atoms with E-state index in [-0.39, 0.29) is 40.2 Å². The number of anilines is 1. The lowest BCUT2D eigenvalue weighted by atomic mass is 9.98. The number of hydrogen-bond acceptors (Lipinski definition) is 7. The summed E-state index contributed by atoms with van der Waals surface area (Å²) in [5.74, 6) is -0.916. The molecule has 11 nitrogen and oxygen atoms in total. The van der Waals surface area contributed by atoms with Gasteiger partial charge in [0, 0.05) is 51.0 Å². The molecule has 2 N–H and O–H groups in total. The van der Waals surface area contributed by atoms with E-state index in [1.54, 1.807) is 30.3 Å². The van der Waals surface area contributed by atoms with Crippen molar-refractivity contribution in [1.29, 1.82) is 0 Å². The highest BCUT2D eigenvalue weighted by atomic mass is 32.2. The highest BCUT2D eigenvalue weighted by Crippen LogP contribution is 2.32. The van der Waals surface area contributed by atoms with Crippen LogP contribution in [0.25, 0.3) is 0 Å². The van der Waals surface area contributed by atoms with Crippen LogP contribution in [0, 0.1) is 5.92 Å². The number of fused-ring (bicyclic) bond motifs is 1. The zero-order valence-corrected chi connectivity index (χ0v) is 27.9. The Morgan fingerprint density at radius 2 is 1.49 bits per heavy atom. The van der Waals surface area contributed by atoms with Gasteiger partial charge in [0.15, 0.2) is 0 Å². The summed E-state index contributed by atoms with van der Waals surface area (Å²) in [5, 5.41) is 6.01. The fraction of sp³-hybridized carbons (Fsp3) is 0.562. The van der Waals surface area contributed by atoms with Crippen LogP contribution in [0.2, 0.25) is 0 Å². The lowest BCUT2D eigenvalue weighted by Crippen LogP contribution is -2.48. The first-order valence-corrected chi connectivity index (χ1v) is 18.8. The minimum Gasteiger partial charge on any atom is -0.374 e. The van der Waals surface area contributed by atoms with Crippen molar-refractivity contribution >= 4 is 37.5 Å². The predicted molar refractivity (Wildman–Crippen MR) is 173 cm³/mol. The number of likely N-dealkylation sites (N-methyl/N-ethyl adjacent to an activating group) is 1. The monoisotopic (exact) mass is 659 g/mol. The molecule has 3 aliphatic rings. The van der Waals surface area contributed by atoms with E-state index >= 15 is 0 Å². The van der Waals surface area contributed by atoms with Crippen LogP contribution in [0.3, 0.4) is 0 Å². The Labute approximate surface area is 267 Å². The summed E-state index contributed by atoms with van der Waals surface area (Å²) >= 11 is 0. The van der Waals surface area contributed by atoms with E-state index in [1.807, 2.05) is 27.0 Å². The molecule has 0 radical (unpaired) electrons. The van der Waals surface area contributed by atoms with Gasteiger partial charge in [-0.3, -0.25) is 9.59 Å². The van der Waals surface area contributed by atoms with Crippen molar-refractivity contribution in [3.8, 4) is 0 Å². The van der Waals surface area contributed by atoms with Crippen molar-refractivity contribution in [2.75, 3.05) is 38.1 Å². The quantitative estimate of drug-likeness (QED) is 0.379. The third-order valence-electron chi connectivity index (χ3n) is 9.24. The first-order valence-electron chi connectivity index (χ1n) is 15.9. The summed E-state index contributed by atoms with van der Waals surface area (Å²) < 4.78 is 56.0. The number of sulfonamides is 2. The van der Waals surface area contributed by atoms with E-state index < -0.39 is 32.0 Å². The number of nitrogens with one attached hydrogen (secondary N) is 2. The van der Waals surface area contributed by atoms with Crippen molar-refractivity contribution in [3.05, 3.63) is 54.1 Å². The van der Waals surface area contributed by atoms with Crippen LogP contribution in [0.1, 0.15) is 57.9 Å². The SMILES string of the molecule is CC(CCC(C)NC(=O)[C@H]1CCCN1S(=O)(=O)c1ccccc1)NC(=O)[C@@H]1CCCN(S(=O)(=O)c2ccc3c(c2)N(C)CC3)C1. The standard InChI is InChI=1S/C32H45N5O6S2/c1-23(13-14-24(2)34-32(39)29-12-8-19-37(29)45(42,43)27-10-5-4-6-11-27)33-31(38)26-9-7-18-36(22-26)44(40,41)28-16-15-25-17-20-35(3)30(25)21-28/h4-6,10-11,15-16,21,23-24,26,29H,7-9,12-14,17-20,22H2,1-3H3,(H,33,38)(H,34,39)/t23?,24?,26-,29-/m1/s1. The zero-order chi connectivity index (χ0) is 32.4. The van der Waals surface area contributed by atoms with Gasteiger partial charge in [-0.1, -0.05) is 24.3 Å². The molecule has 0 aromatic heterocycles. The molecular weight excluding hydrogens is 615 g/mol. The minimum atomic E-state index is -3.77. The zero-order valence-electron chi connectivity index (χ0n) is 26.3. The molecule has 2 aromatic carbocycles. The summed E-state index contributed by atoms with van der Waals surface area (Å²) in [7, 11) is -5.54. The summed E-state index contributed by atoms with van der Waals surface area (Å²) in [6, 6.07) is 12.3. The van der Waals surface area contributed by atoms with Gasteiger partial charge in [0.2, 0.25) is 31.9 Å². The number of nitrogens with zero attached hydrogens (tertiary/aromatic N) is 3. The van der Waals surface area contributed by atoms with Crippen LogP contribution in [-0.2, 0) is 36.1 Å². The number of hydrogen-bond donors (Lipinski definition) is 2. The first-order chi connectivity index (χ1) is 21.4. The number of carbonyl (C=O) groups excluding carboxylic acids is 2. The van der Waals surface area contributed by atoms with Gasteiger partial charge < -0.3 is 15.5 Å². The molecule has 0 bridgehead atoms. The molecule has 45 heavy (non-hydrogen) atoms. The predicted octanol–water partition coefficient (Wildman–Crippen LogP) is 2.72. The van der Waals surface area contributed by atoms with E-state index in [9.17, 15) is 26.4 Å². The van der Waals surface area contributed by atoms with Gasteiger partial charge in [0.1, 0.15) is 6.04 Å². The van der Waals surface area contributed by atoms with Gasteiger partial charge >= 0.3 is 0 Å². The lowest BCUT2D eigenvalue weighted by molar-refractivity contribution is -0.127. The molecule has 0 spiro atoms. The van der Waals surface area contributed by atoms with Crippen LogP contribution in [0.15, 0.2) is 58.3 Å². The van der Waals surface area contributed by atoms with Crippen LogP contribution in [-0.4, -0.2) is 88.6 Å². The third-order valence-corrected chi connectivity index (χ3v) is 13.0. The van der Waals surface area contributed by atoms with E-state index in [4.69, 9.17) is 0 Å². The molecule has 2 amide bonds. The highest BCUT2D eigenvalue weighted by Gasteiger charge is 2.40. The van der Waals surface area contributed by atoms with Gasteiger partial charge in [-0.05, 0) is 88.6 Å². The number of rotatable bonds is 11. The molecule has 3 heterocycles. The van der Waals surface area contributed by atoms with Crippen LogP contribution >= 0.6 is 0 Å². The Bertz CT molecular complexity index is 1600. The topological polar surface area (TPSA) is 136 Å². The third kappa shape index (κ3) is 7.37. The molecule has 13 heteroatoms. The molecule has 2 unspecified atom stereocenters. The molecule has 0 aliphatic carbocycles.